The zero-order valence-corrected chi connectivity index (χ0v) is 16.4. The lowest BCUT2D eigenvalue weighted by atomic mass is 10.1. The summed E-state index contributed by atoms with van der Waals surface area (Å²) >= 11 is 0. The lowest BCUT2D eigenvalue weighted by Gasteiger charge is -2.33. The molecule has 0 aromatic heterocycles. The Morgan fingerprint density at radius 3 is 2.72 bits per heavy atom. The topological polar surface area (TPSA) is 79.0 Å². The fourth-order valence-electron chi connectivity index (χ4n) is 3.89. The number of amides is 2. The van der Waals surface area contributed by atoms with E-state index in [0.29, 0.717) is 11.3 Å². The summed E-state index contributed by atoms with van der Waals surface area (Å²) in [6.07, 6.45) is 0.862. The fourth-order valence-corrected chi connectivity index (χ4v) is 3.89. The van der Waals surface area contributed by atoms with Crippen molar-refractivity contribution in [2.24, 2.45) is 0 Å². The molecular weight excluding hydrogens is 370 g/mol. The van der Waals surface area contributed by atoms with Crippen LogP contribution in [0.15, 0.2) is 48.5 Å². The van der Waals surface area contributed by atoms with E-state index in [9.17, 15) is 14.4 Å². The predicted molar refractivity (Wildman–Crippen MR) is 110 cm³/mol. The van der Waals surface area contributed by atoms with Gasteiger partial charge in [-0.1, -0.05) is 18.2 Å². The first kappa shape index (κ1) is 19.0. The minimum atomic E-state index is -0.943. The van der Waals surface area contributed by atoms with Crippen LogP contribution < -0.4 is 15.1 Å². The van der Waals surface area contributed by atoms with Crippen LogP contribution in [0.4, 0.5) is 17.1 Å². The van der Waals surface area contributed by atoms with Crippen molar-refractivity contribution >= 4 is 34.8 Å². The number of hydrogen-bond acceptors (Lipinski definition) is 5. The summed E-state index contributed by atoms with van der Waals surface area (Å²) in [7, 11) is 1.64. The number of nitrogens with one attached hydrogen (secondary N) is 1. The van der Waals surface area contributed by atoms with Crippen LogP contribution in [-0.4, -0.2) is 43.5 Å². The van der Waals surface area contributed by atoms with Crippen molar-refractivity contribution in [2.75, 3.05) is 28.7 Å². The van der Waals surface area contributed by atoms with E-state index in [1.165, 1.54) is 4.90 Å². The smallest absolute Gasteiger partial charge is 0.338 e. The van der Waals surface area contributed by atoms with Gasteiger partial charge in [-0.25, -0.2) is 4.79 Å². The van der Waals surface area contributed by atoms with Crippen molar-refractivity contribution in [1.29, 1.82) is 0 Å². The van der Waals surface area contributed by atoms with Crippen LogP contribution in [0, 0.1) is 0 Å². The number of para-hydroxylation sites is 1. The monoisotopic (exact) mass is 393 g/mol. The molecule has 0 bridgehead atoms. The predicted octanol–water partition coefficient (Wildman–Crippen LogP) is 2.82. The summed E-state index contributed by atoms with van der Waals surface area (Å²) in [4.78, 5) is 41.0. The Morgan fingerprint density at radius 1 is 1.21 bits per heavy atom. The molecule has 0 spiro atoms. The van der Waals surface area contributed by atoms with Crippen LogP contribution in [-0.2, 0) is 14.3 Å². The van der Waals surface area contributed by atoms with Crippen molar-refractivity contribution in [1.82, 2.24) is 0 Å². The third-order valence-electron chi connectivity index (χ3n) is 5.46. The Bertz CT molecular complexity index is 960. The molecule has 0 radical (unpaired) electrons. The van der Waals surface area contributed by atoms with Gasteiger partial charge in [-0.3, -0.25) is 9.59 Å². The highest BCUT2D eigenvalue weighted by molar-refractivity contribution is 6.06. The van der Waals surface area contributed by atoms with Gasteiger partial charge in [-0.2, -0.15) is 0 Å². The first-order valence-electron chi connectivity index (χ1n) is 9.71. The quantitative estimate of drug-likeness (QED) is 0.808. The number of ether oxygens (including phenoxy) is 1. The fraction of sp³-hybridized carbons (Fsp3) is 0.318. The number of hydrogen-bond donors (Lipinski definition) is 1. The molecule has 4 rings (SSSR count). The van der Waals surface area contributed by atoms with Gasteiger partial charge in [0.05, 0.1) is 16.9 Å². The van der Waals surface area contributed by atoms with E-state index in [1.807, 2.05) is 36.4 Å². The highest BCUT2D eigenvalue weighted by Crippen LogP contribution is 2.37. The summed E-state index contributed by atoms with van der Waals surface area (Å²) in [5, 5.41) is 2.88. The number of esters is 1. The maximum Gasteiger partial charge on any atom is 0.338 e. The average Bonchev–Trinajstić information content (AvgIpc) is 3.23. The highest BCUT2D eigenvalue weighted by atomic mass is 16.5. The number of likely N-dealkylation sites (N-methyl/N-ethyl adjacent to an activating group) is 1. The molecule has 1 N–H and O–H groups in total. The summed E-state index contributed by atoms with van der Waals surface area (Å²) in [6, 6.07) is 14.1. The number of fused-ring (bicyclic) bond motifs is 3. The molecule has 150 valence electrons. The Hall–Kier alpha value is -3.35. The second kappa shape index (κ2) is 7.58. The summed E-state index contributed by atoms with van der Waals surface area (Å²) < 4.78 is 5.39. The van der Waals surface area contributed by atoms with Gasteiger partial charge in [0.25, 0.3) is 5.91 Å². The van der Waals surface area contributed by atoms with Crippen LogP contribution in [0.5, 0.6) is 0 Å². The Morgan fingerprint density at radius 2 is 1.97 bits per heavy atom. The van der Waals surface area contributed by atoms with Crippen molar-refractivity contribution in [3.8, 4) is 0 Å². The van der Waals surface area contributed by atoms with Crippen LogP contribution in [0.1, 0.15) is 30.1 Å². The molecule has 0 unspecified atom stereocenters. The molecule has 7 nitrogen and oxygen atoms in total. The number of nitrogens with zero attached hydrogens (tertiary/aromatic N) is 2. The third kappa shape index (κ3) is 3.55. The second-order valence-corrected chi connectivity index (χ2v) is 7.35. The molecule has 2 aromatic rings. The van der Waals surface area contributed by atoms with E-state index in [1.54, 1.807) is 26.1 Å². The number of anilines is 3. The molecule has 2 heterocycles. The lowest BCUT2D eigenvalue weighted by molar-refractivity contribution is -0.126. The molecule has 2 aliphatic rings. The standard InChI is InChI=1S/C22H23N3O4/c1-14(21(27)24(2)16-7-4-3-5-8-16)29-22(28)15-10-11-18-17(13-15)23-20(26)19-9-6-12-25(18)19/h3-5,7-8,10-11,13-14,19H,6,9,12H2,1-2H3,(H,23,26)/t14-,19+/m1/s1. The second-order valence-electron chi connectivity index (χ2n) is 7.35. The molecule has 2 aromatic carbocycles. The molecule has 1 saturated heterocycles. The third-order valence-corrected chi connectivity index (χ3v) is 5.46. The SMILES string of the molecule is C[C@@H](OC(=O)c1ccc2c(c1)NC(=O)[C@@H]1CCCN21)C(=O)N(C)c1ccccc1. The molecule has 1 fully saturated rings. The van der Waals surface area contributed by atoms with Crippen LogP contribution in [0.3, 0.4) is 0 Å². The van der Waals surface area contributed by atoms with Crippen LogP contribution in [0.25, 0.3) is 0 Å². The minimum absolute atomic E-state index is 0.0476. The highest BCUT2D eigenvalue weighted by Gasteiger charge is 2.36. The Labute approximate surface area is 169 Å². The van der Waals surface area contributed by atoms with Gasteiger partial charge < -0.3 is 19.9 Å². The van der Waals surface area contributed by atoms with Gasteiger partial charge in [0, 0.05) is 19.3 Å². The zero-order chi connectivity index (χ0) is 20.5. The summed E-state index contributed by atoms with van der Waals surface area (Å²) in [6.45, 7) is 2.38. The average molecular weight is 393 g/mol. The number of rotatable bonds is 4. The van der Waals surface area contributed by atoms with Gasteiger partial charge in [-0.05, 0) is 50.1 Å². The number of carbonyl (C=O) groups is 3. The maximum absolute atomic E-state index is 12.6. The Kier molecular flexibility index (Phi) is 4.96. The molecule has 7 heteroatoms. The van der Waals surface area contributed by atoms with Crippen LogP contribution in [0.2, 0.25) is 0 Å². The molecule has 0 saturated carbocycles. The van der Waals surface area contributed by atoms with Gasteiger partial charge in [0.1, 0.15) is 6.04 Å². The lowest BCUT2D eigenvalue weighted by Crippen LogP contribution is -2.44. The van der Waals surface area contributed by atoms with E-state index < -0.39 is 12.1 Å². The number of benzene rings is 2. The van der Waals surface area contributed by atoms with Crippen LogP contribution >= 0.6 is 0 Å². The molecule has 2 aliphatic heterocycles. The maximum atomic E-state index is 12.6. The first-order valence-corrected chi connectivity index (χ1v) is 9.71. The number of carbonyl (C=O) groups excluding carboxylic acids is 3. The summed E-state index contributed by atoms with van der Waals surface area (Å²) in [5.41, 5.74) is 2.53. The molecule has 2 atom stereocenters. The van der Waals surface area contributed by atoms with E-state index in [2.05, 4.69) is 10.2 Å². The van der Waals surface area contributed by atoms with Gasteiger partial charge in [-0.15, -0.1) is 0 Å². The normalized spacial score (nSPS) is 18.3. The molecule has 2 amide bonds. The van der Waals surface area contributed by atoms with E-state index in [4.69, 9.17) is 4.74 Å². The van der Waals surface area contributed by atoms with Gasteiger partial charge in [0.15, 0.2) is 6.10 Å². The summed E-state index contributed by atoms with van der Waals surface area (Å²) in [5.74, 6) is -0.975. The Balaban J connectivity index is 1.47. The minimum Gasteiger partial charge on any atom is -0.449 e. The molecule has 29 heavy (non-hydrogen) atoms. The van der Waals surface area contributed by atoms with Gasteiger partial charge >= 0.3 is 5.97 Å². The molecular formula is C22H23N3O4. The molecule has 0 aliphatic carbocycles. The van der Waals surface area contributed by atoms with Crippen molar-refractivity contribution in [3.05, 3.63) is 54.1 Å². The zero-order valence-electron chi connectivity index (χ0n) is 16.4. The van der Waals surface area contributed by atoms with Crippen molar-refractivity contribution in [3.63, 3.8) is 0 Å². The largest absolute Gasteiger partial charge is 0.449 e. The first-order chi connectivity index (χ1) is 14.0. The van der Waals surface area contributed by atoms with Crippen molar-refractivity contribution < 1.29 is 19.1 Å². The van der Waals surface area contributed by atoms with Crippen molar-refractivity contribution in [2.45, 2.75) is 31.9 Å². The van der Waals surface area contributed by atoms with Gasteiger partial charge in [0.2, 0.25) is 5.91 Å². The van der Waals surface area contributed by atoms with E-state index in [-0.39, 0.29) is 17.9 Å². The van der Waals surface area contributed by atoms with E-state index in [0.717, 1.165) is 30.8 Å². The van der Waals surface area contributed by atoms with E-state index >= 15 is 0 Å².